The average molecular weight is 441 g/mol. The van der Waals surface area contributed by atoms with Crippen LogP contribution in [0.4, 0.5) is 0 Å². The summed E-state index contributed by atoms with van der Waals surface area (Å²) < 4.78 is 21.3. The zero-order valence-electron chi connectivity index (χ0n) is 18.6. The molecule has 1 heterocycles. The third-order valence-corrected chi connectivity index (χ3v) is 5.24. The molecule has 0 saturated carbocycles. The third-order valence-electron chi connectivity index (χ3n) is 5.24. The number of hydrogen-bond acceptors (Lipinski definition) is 7. The van der Waals surface area contributed by atoms with Gasteiger partial charge in [-0.25, -0.2) is 0 Å². The molecule has 1 N–H and O–H groups in total. The molecule has 1 fully saturated rings. The minimum Gasteiger partial charge on any atom is -0.507 e. The lowest BCUT2D eigenvalue weighted by molar-refractivity contribution is -0.140. The Morgan fingerprint density at radius 3 is 2.28 bits per heavy atom. The summed E-state index contributed by atoms with van der Waals surface area (Å²) >= 11 is 0. The zero-order valence-corrected chi connectivity index (χ0v) is 18.6. The van der Waals surface area contributed by atoms with Crippen LogP contribution in [-0.4, -0.2) is 62.8 Å². The van der Waals surface area contributed by atoms with E-state index in [0.717, 1.165) is 0 Å². The summed E-state index contributed by atoms with van der Waals surface area (Å²) in [5.74, 6) is -0.117. The summed E-state index contributed by atoms with van der Waals surface area (Å²) in [4.78, 5) is 27.2. The van der Waals surface area contributed by atoms with Gasteiger partial charge in [0.2, 0.25) is 0 Å². The number of methoxy groups -OCH3 is 3. The van der Waals surface area contributed by atoms with Crippen LogP contribution in [0.3, 0.4) is 0 Å². The molecule has 1 aliphatic rings. The van der Waals surface area contributed by atoms with Crippen molar-refractivity contribution in [2.45, 2.75) is 13.0 Å². The van der Waals surface area contributed by atoms with E-state index in [4.69, 9.17) is 18.9 Å². The predicted octanol–water partition coefficient (Wildman–Crippen LogP) is 3.17. The molecule has 1 amide bonds. The molecule has 0 spiro atoms. The van der Waals surface area contributed by atoms with Gasteiger partial charge in [0.25, 0.3) is 11.7 Å². The molecule has 1 unspecified atom stereocenters. The number of rotatable bonds is 9. The number of nitrogens with zero attached hydrogens (tertiary/aromatic N) is 1. The van der Waals surface area contributed by atoms with Gasteiger partial charge in [0, 0.05) is 19.2 Å². The largest absolute Gasteiger partial charge is 0.507 e. The number of ether oxygens (including phenoxy) is 4. The van der Waals surface area contributed by atoms with E-state index in [1.165, 1.54) is 26.2 Å². The number of benzene rings is 2. The van der Waals surface area contributed by atoms with Gasteiger partial charge in [0.1, 0.15) is 11.5 Å². The second kappa shape index (κ2) is 10.2. The fraction of sp³-hybridized carbons (Fsp3) is 0.333. The highest BCUT2D eigenvalue weighted by Gasteiger charge is 2.46. The zero-order chi connectivity index (χ0) is 23.3. The van der Waals surface area contributed by atoms with Crippen molar-refractivity contribution in [3.63, 3.8) is 0 Å². The maximum Gasteiger partial charge on any atom is 0.295 e. The van der Waals surface area contributed by atoms with Crippen LogP contribution in [0.1, 0.15) is 24.1 Å². The first-order chi connectivity index (χ1) is 15.5. The maximum atomic E-state index is 13.0. The number of aliphatic hydroxyl groups excluding tert-OH is 1. The predicted molar refractivity (Wildman–Crippen MR) is 118 cm³/mol. The average Bonchev–Trinajstić information content (AvgIpc) is 3.07. The molecule has 32 heavy (non-hydrogen) atoms. The Balaban J connectivity index is 2.14. The van der Waals surface area contributed by atoms with Gasteiger partial charge in [-0.2, -0.15) is 0 Å². The molecule has 2 aromatic carbocycles. The summed E-state index contributed by atoms with van der Waals surface area (Å²) in [6, 6.07) is 11.0. The molecule has 3 rings (SSSR count). The van der Waals surface area contributed by atoms with Crippen molar-refractivity contribution in [3.05, 3.63) is 59.2 Å². The van der Waals surface area contributed by atoms with Crippen LogP contribution in [0.15, 0.2) is 48.0 Å². The van der Waals surface area contributed by atoms with Gasteiger partial charge in [-0.15, -0.1) is 0 Å². The van der Waals surface area contributed by atoms with E-state index in [0.29, 0.717) is 35.0 Å². The molecule has 1 aliphatic heterocycles. The van der Waals surface area contributed by atoms with E-state index in [1.54, 1.807) is 42.5 Å². The van der Waals surface area contributed by atoms with Gasteiger partial charge in [-0.05, 0) is 48.9 Å². The van der Waals surface area contributed by atoms with E-state index in [1.807, 2.05) is 6.92 Å². The van der Waals surface area contributed by atoms with Crippen LogP contribution in [0.25, 0.3) is 5.76 Å². The van der Waals surface area contributed by atoms with Crippen molar-refractivity contribution >= 4 is 17.4 Å². The molecule has 8 nitrogen and oxygen atoms in total. The highest BCUT2D eigenvalue weighted by molar-refractivity contribution is 6.46. The second-order valence-electron chi connectivity index (χ2n) is 7.06. The van der Waals surface area contributed by atoms with Gasteiger partial charge < -0.3 is 29.0 Å². The Morgan fingerprint density at radius 2 is 1.69 bits per heavy atom. The summed E-state index contributed by atoms with van der Waals surface area (Å²) in [6.45, 7) is 2.80. The maximum absolute atomic E-state index is 13.0. The van der Waals surface area contributed by atoms with Gasteiger partial charge >= 0.3 is 0 Å². The minimum atomic E-state index is -0.809. The summed E-state index contributed by atoms with van der Waals surface area (Å²) in [7, 11) is 4.54. The number of hydrogen-bond donors (Lipinski definition) is 1. The fourth-order valence-corrected chi connectivity index (χ4v) is 3.70. The number of Topliss-reactive ketones (excluding diaryl/α,β-unsaturated/α-hetero) is 1. The first-order valence-corrected chi connectivity index (χ1v) is 10.2. The number of aliphatic hydroxyl groups is 1. The Kier molecular flexibility index (Phi) is 7.37. The van der Waals surface area contributed by atoms with Crippen LogP contribution in [0, 0.1) is 0 Å². The lowest BCUT2D eigenvalue weighted by Gasteiger charge is -2.25. The van der Waals surface area contributed by atoms with Crippen LogP contribution in [-0.2, 0) is 14.3 Å². The molecule has 2 aromatic rings. The molecule has 0 aliphatic carbocycles. The van der Waals surface area contributed by atoms with E-state index in [9.17, 15) is 14.7 Å². The van der Waals surface area contributed by atoms with Gasteiger partial charge in [0.05, 0.1) is 39.0 Å². The molecule has 8 heteroatoms. The normalized spacial score (nSPS) is 17.5. The number of ketones is 1. The molecule has 1 saturated heterocycles. The first-order valence-electron chi connectivity index (χ1n) is 10.2. The summed E-state index contributed by atoms with van der Waals surface area (Å²) in [6.07, 6.45) is 0. The SMILES string of the molecule is CCOc1ccc(/C(O)=C2/C(=O)C(=O)N(CCOC)C2c2ccc(OC)c(OC)c2)cc1. The Labute approximate surface area is 187 Å². The Hall–Kier alpha value is -3.52. The smallest absolute Gasteiger partial charge is 0.295 e. The van der Waals surface area contributed by atoms with Crippen molar-refractivity contribution in [2.75, 3.05) is 41.1 Å². The van der Waals surface area contributed by atoms with Crippen molar-refractivity contribution in [3.8, 4) is 17.2 Å². The number of likely N-dealkylation sites (tertiary alicyclic amines) is 1. The summed E-state index contributed by atoms with van der Waals surface area (Å²) in [5.41, 5.74) is 1.01. The molecule has 1 atom stereocenters. The monoisotopic (exact) mass is 441 g/mol. The van der Waals surface area contributed by atoms with E-state index in [-0.39, 0.29) is 24.5 Å². The van der Waals surface area contributed by atoms with E-state index < -0.39 is 17.7 Å². The van der Waals surface area contributed by atoms with Crippen LogP contribution >= 0.6 is 0 Å². The third kappa shape index (κ3) is 4.40. The van der Waals surface area contributed by atoms with E-state index in [2.05, 4.69) is 0 Å². The molecule has 0 bridgehead atoms. The lowest BCUT2D eigenvalue weighted by atomic mass is 9.95. The van der Waals surface area contributed by atoms with Crippen LogP contribution < -0.4 is 14.2 Å². The number of carbonyl (C=O) groups excluding carboxylic acids is 2. The number of amides is 1. The fourth-order valence-electron chi connectivity index (χ4n) is 3.70. The molecule has 170 valence electrons. The van der Waals surface area contributed by atoms with Gasteiger partial charge in [-0.3, -0.25) is 9.59 Å². The van der Waals surface area contributed by atoms with Crippen molar-refractivity contribution in [1.82, 2.24) is 4.90 Å². The first kappa shape index (κ1) is 23.1. The topological polar surface area (TPSA) is 94.5 Å². The quantitative estimate of drug-likeness (QED) is 0.363. The highest BCUT2D eigenvalue weighted by atomic mass is 16.5. The van der Waals surface area contributed by atoms with Crippen molar-refractivity contribution in [1.29, 1.82) is 0 Å². The van der Waals surface area contributed by atoms with Crippen molar-refractivity contribution < 1.29 is 33.6 Å². The van der Waals surface area contributed by atoms with Crippen molar-refractivity contribution in [2.24, 2.45) is 0 Å². The van der Waals surface area contributed by atoms with Gasteiger partial charge in [-0.1, -0.05) is 6.07 Å². The van der Waals surface area contributed by atoms with Crippen LogP contribution in [0.5, 0.6) is 17.2 Å². The lowest BCUT2D eigenvalue weighted by Crippen LogP contribution is -2.32. The molecule has 0 aromatic heterocycles. The standard InChI is InChI=1S/C24H27NO7/c1-5-32-17-9-6-15(7-10-17)22(26)20-21(25(12-13-29-2)24(28)23(20)27)16-8-11-18(30-3)19(14-16)31-4/h6-11,14,21,26H,5,12-13H2,1-4H3/b22-20-. The summed E-state index contributed by atoms with van der Waals surface area (Å²) in [5, 5.41) is 11.1. The Morgan fingerprint density at radius 1 is 1.00 bits per heavy atom. The highest BCUT2D eigenvalue weighted by Crippen LogP contribution is 2.41. The van der Waals surface area contributed by atoms with E-state index >= 15 is 0 Å². The van der Waals surface area contributed by atoms with Crippen LogP contribution in [0.2, 0.25) is 0 Å². The number of carbonyl (C=O) groups is 2. The van der Waals surface area contributed by atoms with Gasteiger partial charge in [0.15, 0.2) is 11.5 Å². The molecule has 0 radical (unpaired) electrons. The molecular weight excluding hydrogens is 414 g/mol. The Bertz CT molecular complexity index is 1010. The minimum absolute atomic E-state index is 0.00230. The second-order valence-corrected chi connectivity index (χ2v) is 7.06. The molecular formula is C24H27NO7.